The highest BCUT2D eigenvalue weighted by molar-refractivity contribution is 6.02. The number of ether oxygens (including phenoxy) is 2. The van der Waals surface area contributed by atoms with Crippen LogP contribution in [-0.2, 0) is 23.9 Å². The molecule has 26 heavy (non-hydrogen) atoms. The van der Waals surface area contributed by atoms with Gasteiger partial charge in [-0.3, -0.25) is 24.5 Å². The third kappa shape index (κ3) is 5.27. The van der Waals surface area contributed by atoms with E-state index in [1.807, 2.05) is 0 Å². The standard InChI is InChI=1S/C17H22N2O7/c1-3-9-25-16(21)14(17(22)26-10-4-2)13(15(18)20)11-7-5-6-8-12(11)19(23)24/h5-8,13-14H,3-4,9-10H2,1-2H3,(H2,18,20)/t13-/m0/s1. The Balaban J connectivity index is 3.40. The highest BCUT2D eigenvalue weighted by Gasteiger charge is 2.44. The number of amides is 1. The van der Waals surface area contributed by atoms with Crippen LogP contribution in [0.2, 0.25) is 0 Å². The van der Waals surface area contributed by atoms with Gasteiger partial charge in [-0.25, -0.2) is 0 Å². The van der Waals surface area contributed by atoms with Crippen molar-refractivity contribution >= 4 is 23.5 Å². The molecule has 0 aromatic heterocycles. The van der Waals surface area contributed by atoms with Gasteiger partial charge >= 0.3 is 11.9 Å². The molecule has 0 aliphatic carbocycles. The van der Waals surface area contributed by atoms with Gasteiger partial charge < -0.3 is 15.2 Å². The highest BCUT2D eigenvalue weighted by Crippen LogP contribution is 2.33. The first kappa shape index (κ1) is 21.1. The largest absolute Gasteiger partial charge is 0.465 e. The third-order valence-corrected chi connectivity index (χ3v) is 3.51. The zero-order valence-electron chi connectivity index (χ0n) is 14.7. The van der Waals surface area contributed by atoms with Crippen LogP contribution in [0.3, 0.4) is 0 Å². The van der Waals surface area contributed by atoms with Gasteiger partial charge in [0, 0.05) is 11.6 Å². The summed E-state index contributed by atoms with van der Waals surface area (Å²) in [6, 6.07) is 5.29. The van der Waals surface area contributed by atoms with Gasteiger partial charge in [-0.05, 0) is 12.8 Å². The molecule has 9 heteroatoms. The van der Waals surface area contributed by atoms with E-state index in [1.165, 1.54) is 18.2 Å². The predicted molar refractivity (Wildman–Crippen MR) is 91.0 cm³/mol. The number of nitro benzene ring substituents is 1. The molecule has 1 atom stereocenters. The van der Waals surface area contributed by atoms with Gasteiger partial charge in [-0.2, -0.15) is 0 Å². The van der Waals surface area contributed by atoms with E-state index in [-0.39, 0.29) is 18.8 Å². The lowest BCUT2D eigenvalue weighted by Gasteiger charge is -2.22. The van der Waals surface area contributed by atoms with E-state index in [4.69, 9.17) is 15.2 Å². The van der Waals surface area contributed by atoms with Crippen LogP contribution >= 0.6 is 0 Å². The van der Waals surface area contributed by atoms with E-state index in [0.29, 0.717) is 12.8 Å². The number of nitrogens with zero attached hydrogens (tertiary/aromatic N) is 1. The quantitative estimate of drug-likeness (QED) is 0.288. The molecule has 0 saturated carbocycles. The normalized spacial score (nSPS) is 11.7. The maximum atomic E-state index is 12.4. The highest BCUT2D eigenvalue weighted by atomic mass is 16.6. The maximum Gasteiger partial charge on any atom is 0.321 e. The summed E-state index contributed by atoms with van der Waals surface area (Å²) < 4.78 is 9.98. The lowest BCUT2D eigenvalue weighted by molar-refractivity contribution is -0.385. The Morgan fingerprint density at radius 2 is 1.58 bits per heavy atom. The minimum Gasteiger partial charge on any atom is -0.465 e. The molecule has 0 spiro atoms. The minimum absolute atomic E-state index is 0.0265. The second kappa shape index (κ2) is 10.1. The van der Waals surface area contributed by atoms with E-state index in [0.717, 1.165) is 6.07 Å². The van der Waals surface area contributed by atoms with Crippen molar-refractivity contribution in [1.82, 2.24) is 0 Å². The summed E-state index contributed by atoms with van der Waals surface area (Å²) in [5.74, 6) is -6.37. The average Bonchev–Trinajstić information content (AvgIpc) is 2.61. The molecular formula is C17H22N2O7. The van der Waals surface area contributed by atoms with Gasteiger partial charge in [0.05, 0.1) is 24.1 Å². The number of carbonyl (C=O) groups is 3. The van der Waals surface area contributed by atoms with Gasteiger partial charge in [0.15, 0.2) is 5.92 Å². The van der Waals surface area contributed by atoms with Crippen LogP contribution in [0.25, 0.3) is 0 Å². The number of carbonyl (C=O) groups excluding carboxylic acids is 3. The molecule has 2 N–H and O–H groups in total. The van der Waals surface area contributed by atoms with Crippen molar-refractivity contribution in [3.63, 3.8) is 0 Å². The van der Waals surface area contributed by atoms with Crippen molar-refractivity contribution in [1.29, 1.82) is 0 Å². The molecule has 1 aromatic rings. The van der Waals surface area contributed by atoms with Gasteiger partial charge in [0.1, 0.15) is 0 Å². The molecule has 0 aliphatic heterocycles. The van der Waals surface area contributed by atoms with Crippen molar-refractivity contribution in [2.45, 2.75) is 32.6 Å². The Morgan fingerprint density at radius 3 is 2.00 bits per heavy atom. The summed E-state index contributed by atoms with van der Waals surface area (Å²) in [5, 5.41) is 11.3. The van der Waals surface area contributed by atoms with Crippen LogP contribution in [0.4, 0.5) is 5.69 Å². The molecule has 1 aromatic carbocycles. The van der Waals surface area contributed by atoms with Crippen LogP contribution < -0.4 is 5.73 Å². The third-order valence-electron chi connectivity index (χ3n) is 3.51. The first-order chi connectivity index (χ1) is 12.3. The topological polar surface area (TPSA) is 139 Å². The fraction of sp³-hybridized carbons (Fsp3) is 0.471. The fourth-order valence-corrected chi connectivity index (χ4v) is 2.37. The maximum absolute atomic E-state index is 12.4. The van der Waals surface area contributed by atoms with Crippen LogP contribution in [0.15, 0.2) is 24.3 Å². The molecule has 0 bridgehead atoms. The fourth-order valence-electron chi connectivity index (χ4n) is 2.37. The van der Waals surface area contributed by atoms with Crippen LogP contribution in [-0.4, -0.2) is 36.0 Å². The monoisotopic (exact) mass is 366 g/mol. The number of esters is 2. The summed E-state index contributed by atoms with van der Waals surface area (Å²) in [6.45, 7) is 3.56. The summed E-state index contributed by atoms with van der Waals surface area (Å²) in [4.78, 5) is 47.4. The van der Waals surface area contributed by atoms with E-state index in [1.54, 1.807) is 13.8 Å². The minimum atomic E-state index is -1.72. The second-order valence-corrected chi connectivity index (χ2v) is 5.51. The van der Waals surface area contributed by atoms with E-state index in [2.05, 4.69) is 0 Å². The molecule has 1 amide bonds. The molecule has 0 aliphatic rings. The van der Waals surface area contributed by atoms with Crippen molar-refractivity contribution in [2.75, 3.05) is 13.2 Å². The van der Waals surface area contributed by atoms with Gasteiger partial charge in [-0.1, -0.05) is 32.0 Å². The van der Waals surface area contributed by atoms with Crippen molar-refractivity contribution in [2.24, 2.45) is 11.7 Å². The van der Waals surface area contributed by atoms with Crippen molar-refractivity contribution < 1.29 is 28.8 Å². The molecular weight excluding hydrogens is 344 g/mol. The van der Waals surface area contributed by atoms with Crippen LogP contribution in [0.5, 0.6) is 0 Å². The Morgan fingerprint density at radius 1 is 1.08 bits per heavy atom. The number of hydrogen-bond acceptors (Lipinski definition) is 7. The van der Waals surface area contributed by atoms with Crippen molar-refractivity contribution in [3.05, 3.63) is 39.9 Å². The molecule has 0 saturated heterocycles. The summed E-state index contributed by atoms with van der Waals surface area (Å²) >= 11 is 0. The molecule has 0 unspecified atom stereocenters. The number of rotatable bonds is 10. The zero-order chi connectivity index (χ0) is 19.7. The Bertz CT molecular complexity index is 655. The summed E-state index contributed by atoms with van der Waals surface area (Å²) in [5.41, 5.74) is 4.83. The smallest absolute Gasteiger partial charge is 0.321 e. The van der Waals surface area contributed by atoms with Crippen molar-refractivity contribution in [3.8, 4) is 0 Å². The number of primary amides is 1. The molecule has 0 fully saturated rings. The first-order valence-corrected chi connectivity index (χ1v) is 8.20. The summed E-state index contributed by atoms with van der Waals surface area (Å²) in [7, 11) is 0. The van der Waals surface area contributed by atoms with Gasteiger partial charge in [-0.15, -0.1) is 0 Å². The van der Waals surface area contributed by atoms with Gasteiger partial charge in [0.2, 0.25) is 5.91 Å². The summed E-state index contributed by atoms with van der Waals surface area (Å²) in [6.07, 6.45) is 0.990. The Labute approximate surface area is 150 Å². The Hall–Kier alpha value is -2.97. The number of para-hydroxylation sites is 1. The van der Waals surface area contributed by atoms with Crippen LogP contribution in [0.1, 0.15) is 38.2 Å². The number of benzene rings is 1. The Kier molecular flexibility index (Phi) is 8.20. The van der Waals surface area contributed by atoms with E-state index < -0.39 is 40.3 Å². The first-order valence-electron chi connectivity index (χ1n) is 8.20. The van der Waals surface area contributed by atoms with E-state index in [9.17, 15) is 24.5 Å². The zero-order valence-corrected chi connectivity index (χ0v) is 14.7. The molecule has 142 valence electrons. The average molecular weight is 366 g/mol. The SMILES string of the molecule is CCCOC(=O)C(C(=O)OCCC)[C@@H](C(N)=O)c1ccccc1[N+](=O)[O-]. The molecule has 0 radical (unpaired) electrons. The van der Waals surface area contributed by atoms with Gasteiger partial charge in [0.25, 0.3) is 5.69 Å². The van der Waals surface area contributed by atoms with E-state index >= 15 is 0 Å². The number of hydrogen-bond donors (Lipinski definition) is 1. The lowest BCUT2D eigenvalue weighted by Crippen LogP contribution is -2.40. The number of nitrogens with two attached hydrogens (primary N) is 1. The lowest BCUT2D eigenvalue weighted by atomic mass is 9.84. The molecule has 9 nitrogen and oxygen atoms in total. The van der Waals surface area contributed by atoms with Crippen LogP contribution in [0, 0.1) is 16.0 Å². The molecule has 1 rings (SSSR count). The molecule has 0 heterocycles. The second-order valence-electron chi connectivity index (χ2n) is 5.51. The predicted octanol–water partition coefficient (Wildman–Crippen LogP) is 1.69. The number of nitro groups is 1.